The molecule has 0 unspecified atom stereocenters. The average molecular weight is 371 g/mol. The standard InChI is InChI=1S/C21H23F2N3O/c1-3-5-8-14(4-2)21(27)25-20-19(16-13-15(22)10-11-17(16)23)24-18-9-6-7-12-26(18)20/h6-7,9-14H,3-5,8H2,1-2H3,(H,25,27)/t14-/m0/s1. The smallest absolute Gasteiger partial charge is 0.228 e. The number of carbonyl (C=O) groups is 1. The highest BCUT2D eigenvalue weighted by molar-refractivity contribution is 5.96. The summed E-state index contributed by atoms with van der Waals surface area (Å²) in [6.07, 6.45) is 5.22. The zero-order valence-corrected chi connectivity index (χ0v) is 15.5. The van der Waals surface area contributed by atoms with Gasteiger partial charge in [-0.25, -0.2) is 13.8 Å². The Bertz CT molecular complexity index is 952. The van der Waals surface area contributed by atoms with Gasteiger partial charge in [0.1, 0.15) is 28.8 Å². The van der Waals surface area contributed by atoms with Crippen LogP contribution in [0.2, 0.25) is 0 Å². The first kappa shape index (κ1) is 19.0. The van der Waals surface area contributed by atoms with Crippen molar-refractivity contribution < 1.29 is 13.6 Å². The van der Waals surface area contributed by atoms with E-state index in [-0.39, 0.29) is 23.1 Å². The highest BCUT2D eigenvalue weighted by Gasteiger charge is 2.22. The van der Waals surface area contributed by atoms with Gasteiger partial charge in [0.15, 0.2) is 0 Å². The molecule has 0 bridgehead atoms. The van der Waals surface area contributed by atoms with Gasteiger partial charge < -0.3 is 5.32 Å². The first-order valence-corrected chi connectivity index (χ1v) is 9.28. The summed E-state index contributed by atoms with van der Waals surface area (Å²) < 4.78 is 29.8. The lowest BCUT2D eigenvalue weighted by Crippen LogP contribution is -2.23. The quantitative estimate of drug-likeness (QED) is 0.601. The van der Waals surface area contributed by atoms with Crippen molar-refractivity contribution in [2.24, 2.45) is 5.92 Å². The molecule has 27 heavy (non-hydrogen) atoms. The van der Waals surface area contributed by atoms with E-state index in [0.717, 1.165) is 37.5 Å². The molecule has 1 aromatic carbocycles. The molecule has 0 radical (unpaired) electrons. The number of rotatable bonds is 7. The summed E-state index contributed by atoms with van der Waals surface area (Å²) in [6.45, 7) is 4.06. The first-order valence-electron chi connectivity index (χ1n) is 9.28. The second kappa shape index (κ2) is 8.29. The number of fused-ring (bicyclic) bond motifs is 1. The summed E-state index contributed by atoms with van der Waals surface area (Å²) >= 11 is 0. The molecule has 3 aromatic rings. The molecule has 142 valence electrons. The van der Waals surface area contributed by atoms with Crippen LogP contribution in [0.3, 0.4) is 0 Å². The summed E-state index contributed by atoms with van der Waals surface area (Å²) in [6, 6.07) is 8.58. The van der Waals surface area contributed by atoms with E-state index in [9.17, 15) is 13.6 Å². The molecular weight excluding hydrogens is 348 g/mol. The Hall–Kier alpha value is -2.76. The molecule has 0 spiro atoms. The van der Waals surface area contributed by atoms with Gasteiger partial charge in [-0.3, -0.25) is 9.20 Å². The molecule has 0 aliphatic heterocycles. The van der Waals surface area contributed by atoms with Gasteiger partial charge in [-0.05, 0) is 43.2 Å². The Kier molecular flexibility index (Phi) is 5.84. The fourth-order valence-electron chi connectivity index (χ4n) is 3.17. The summed E-state index contributed by atoms with van der Waals surface area (Å²) in [5.74, 6) is -1.06. The average Bonchev–Trinajstić information content (AvgIpc) is 3.02. The summed E-state index contributed by atoms with van der Waals surface area (Å²) in [5, 5.41) is 2.91. The van der Waals surface area contributed by atoms with Crippen LogP contribution in [0.25, 0.3) is 16.9 Å². The Morgan fingerprint density at radius 3 is 2.78 bits per heavy atom. The van der Waals surface area contributed by atoms with Crippen LogP contribution in [0.15, 0.2) is 42.6 Å². The third-order valence-corrected chi connectivity index (χ3v) is 4.72. The number of carbonyl (C=O) groups excluding carboxylic acids is 1. The molecule has 2 aromatic heterocycles. The predicted molar refractivity (Wildman–Crippen MR) is 102 cm³/mol. The number of hydrogen-bond donors (Lipinski definition) is 1. The maximum absolute atomic E-state index is 14.4. The van der Waals surface area contributed by atoms with E-state index in [4.69, 9.17) is 0 Å². The normalized spacial score (nSPS) is 12.3. The molecule has 1 atom stereocenters. The molecule has 6 heteroatoms. The summed E-state index contributed by atoms with van der Waals surface area (Å²) in [7, 11) is 0. The van der Waals surface area contributed by atoms with Gasteiger partial charge in [-0.1, -0.05) is 32.8 Å². The van der Waals surface area contributed by atoms with Crippen molar-refractivity contribution in [1.29, 1.82) is 0 Å². The number of anilines is 1. The second-order valence-corrected chi connectivity index (χ2v) is 6.60. The fraction of sp³-hybridized carbons (Fsp3) is 0.333. The summed E-state index contributed by atoms with van der Waals surface area (Å²) in [5.41, 5.74) is 0.792. The van der Waals surface area contributed by atoms with Gasteiger partial charge in [-0.15, -0.1) is 0 Å². The molecule has 1 amide bonds. The zero-order valence-electron chi connectivity index (χ0n) is 15.5. The summed E-state index contributed by atoms with van der Waals surface area (Å²) in [4.78, 5) is 17.2. The SMILES string of the molecule is CCCC[C@H](CC)C(=O)Nc1c(-c2cc(F)ccc2F)nc2ccccn12. The van der Waals surface area contributed by atoms with Gasteiger partial charge in [-0.2, -0.15) is 0 Å². The largest absolute Gasteiger partial charge is 0.310 e. The van der Waals surface area contributed by atoms with Crippen LogP contribution in [-0.4, -0.2) is 15.3 Å². The minimum absolute atomic E-state index is 0.0237. The maximum atomic E-state index is 14.4. The van der Waals surface area contributed by atoms with E-state index in [1.165, 1.54) is 0 Å². The molecule has 0 saturated carbocycles. The van der Waals surface area contributed by atoms with Crippen LogP contribution in [-0.2, 0) is 4.79 Å². The highest BCUT2D eigenvalue weighted by atomic mass is 19.1. The monoisotopic (exact) mass is 371 g/mol. The third-order valence-electron chi connectivity index (χ3n) is 4.72. The predicted octanol–water partition coefficient (Wildman–Crippen LogP) is 5.43. The molecule has 0 fully saturated rings. The van der Waals surface area contributed by atoms with Crippen LogP contribution >= 0.6 is 0 Å². The van der Waals surface area contributed by atoms with Crippen LogP contribution < -0.4 is 5.32 Å². The van der Waals surface area contributed by atoms with Crippen LogP contribution in [0.5, 0.6) is 0 Å². The van der Waals surface area contributed by atoms with E-state index >= 15 is 0 Å². The number of hydrogen-bond acceptors (Lipinski definition) is 2. The van der Waals surface area contributed by atoms with Gasteiger partial charge in [0.05, 0.1) is 0 Å². The number of nitrogens with zero attached hydrogens (tertiary/aromatic N) is 2. The Morgan fingerprint density at radius 1 is 1.22 bits per heavy atom. The van der Waals surface area contributed by atoms with Crippen molar-refractivity contribution in [3.05, 3.63) is 54.2 Å². The highest BCUT2D eigenvalue weighted by Crippen LogP contribution is 2.32. The number of nitrogens with one attached hydrogen (secondary N) is 1. The molecule has 4 nitrogen and oxygen atoms in total. The van der Waals surface area contributed by atoms with Crippen LogP contribution in [0, 0.1) is 17.6 Å². The maximum Gasteiger partial charge on any atom is 0.228 e. The minimum atomic E-state index is -0.590. The molecule has 0 saturated heterocycles. The van der Waals surface area contributed by atoms with Crippen LogP contribution in [0.4, 0.5) is 14.6 Å². The van der Waals surface area contributed by atoms with E-state index in [0.29, 0.717) is 17.9 Å². The molecule has 3 rings (SSSR count). The number of pyridine rings is 1. The Balaban J connectivity index is 2.06. The molecule has 1 N–H and O–H groups in total. The van der Waals surface area contributed by atoms with Crippen molar-refractivity contribution in [1.82, 2.24) is 9.38 Å². The lowest BCUT2D eigenvalue weighted by molar-refractivity contribution is -0.120. The van der Waals surface area contributed by atoms with E-state index in [1.807, 2.05) is 6.92 Å². The number of imidazole rings is 1. The van der Waals surface area contributed by atoms with Gasteiger partial charge in [0.2, 0.25) is 5.91 Å². The van der Waals surface area contributed by atoms with E-state index < -0.39 is 11.6 Å². The second-order valence-electron chi connectivity index (χ2n) is 6.60. The van der Waals surface area contributed by atoms with E-state index in [1.54, 1.807) is 28.8 Å². The molecule has 0 aliphatic carbocycles. The topological polar surface area (TPSA) is 46.4 Å². The van der Waals surface area contributed by atoms with Crippen molar-refractivity contribution in [2.45, 2.75) is 39.5 Å². The number of halogens is 2. The molecular formula is C21H23F2N3O. The third kappa shape index (κ3) is 3.99. The fourth-order valence-corrected chi connectivity index (χ4v) is 3.17. The number of benzene rings is 1. The van der Waals surface area contributed by atoms with Crippen LogP contribution in [0.1, 0.15) is 39.5 Å². The van der Waals surface area contributed by atoms with Crippen molar-refractivity contribution in [2.75, 3.05) is 5.32 Å². The minimum Gasteiger partial charge on any atom is -0.310 e. The Morgan fingerprint density at radius 2 is 2.04 bits per heavy atom. The van der Waals surface area contributed by atoms with Crippen molar-refractivity contribution in [3.8, 4) is 11.3 Å². The lowest BCUT2D eigenvalue weighted by Gasteiger charge is -2.15. The van der Waals surface area contributed by atoms with E-state index in [2.05, 4.69) is 17.2 Å². The Labute approximate surface area is 157 Å². The first-order chi connectivity index (χ1) is 13.0. The number of unbranched alkanes of at least 4 members (excludes halogenated alkanes) is 1. The van der Waals surface area contributed by atoms with Crippen molar-refractivity contribution in [3.63, 3.8) is 0 Å². The van der Waals surface area contributed by atoms with Crippen molar-refractivity contribution >= 4 is 17.4 Å². The zero-order chi connectivity index (χ0) is 19.4. The number of amides is 1. The lowest BCUT2D eigenvalue weighted by atomic mass is 9.98. The van der Waals surface area contributed by atoms with Gasteiger partial charge in [0.25, 0.3) is 0 Å². The molecule has 0 aliphatic rings. The number of aromatic nitrogens is 2. The van der Waals surface area contributed by atoms with Gasteiger partial charge >= 0.3 is 0 Å². The van der Waals surface area contributed by atoms with Gasteiger partial charge in [0, 0.05) is 17.7 Å². The molecule has 2 heterocycles.